The van der Waals surface area contributed by atoms with Gasteiger partial charge in [0.15, 0.2) is 0 Å². The lowest BCUT2D eigenvalue weighted by Crippen LogP contribution is -1.97. The quantitative estimate of drug-likeness (QED) is 0.733. The maximum Gasteiger partial charge on any atom is 0.105 e. The fraction of sp³-hybridized carbons (Fsp3) is 0.222. The van der Waals surface area contributed by atoms with E-state index in [2.05, 4.69) is 22.0 Å². The molecule has 1 nitrogen and oxygen atoms in total. The zero-order valence-electron chi connectivity index (χ0n) is 6.30. The minimum absolute atomic E-state index is 0.112. The van der Waals surface area contributed by atoms with Crippen molar-refractivity contribution in [2.24, 2.45) is 0 Å². The van der Waals surface area contributed by atoms with E-state index in [1.54, 1.807) is 0 Å². The summed E-state index contributed by atoms with van der Waals surface area (Å²) in [5, 5.41) is 9.25. The van der Waals surface area contributed by atoms with Gasteiger partial charge in [0.05, 0.1) is 6.07 Å². The highest BCUT2D eigenvalue weighted by molar-refractivity contribution is 9.09. The Balaban J connectivity index is 2.66. The highest BCUT2D eigenvalue weighted by atomic mass is 79.9. The molecule has 3 heteroatoms. The van der Waals surface area contributed by atoms with Crippen molar-refractivity contribution in [3.63, 3.8) is 0 Å². The zero-order chi connectivity index (χ0) is 8.97. The Morgan fingerprint density at radius 1 is 1.42 bits per heavy atom. The summed E-state index contributed by atoms with van der Waals surface area (Å²) in [6, 6.07) is 9.62. The number of rotatable bonds is 2. The summed E-state index contributed by atoms with van der Waals surface area (Å²) in [5.41, 5.74) is 1.11. The van der Waals surface area contributed by atoms with Gasteiger partial charge in [0, 0.05) is 5.02 Å². The molecule has 0 saturated heterocycles. The van der Waals surface area contributed by atoms with Crippen molar-refractivity contribution < 1.29 is 0 Å². The summed E-state index contributed by atoms with van der Waals surface area (Å²) in [6.07, 6.45) is 0.716. The standard InChI is InChI=1S/C9H7BrClN/c10-8(6-12)5-7-1-3-9(11)4-2-7/h1-4,8H,5H2. The summed E-state index contributed by atoms with van der Waals surface area (Å²) in [7, 11) is 0. The number of alkyl halides is 1. The van der Waals surface area contributed by atoms with Crippen LogP contribution in [0, 0.1) is 11.3 Å². The molecule has 0 spiro atoms. The van der Waals surface area contributed by atoms with E-state index < -0.39 is 0 Å². The molecule has 1 unspecified atom stereocenters. The van der Waals surface area contributed by atoms with E-state index in [9.17, 15) is 0 Å². The van der Waals surface area contributed by atoms with Gasteiger partial charge in [0.2, 0.25) is 0 Å². The fourth-order valence-corrected chi connectivity index (χ4v) is 1.37. The lowest BCUT2D eigenvalue weighted by molar-refractivity contribution is 1.04. The average Bonchev–Trinajstić information content (AvgIpc) is 2.09. The van der Waals surface area contributed by atoms with Crippen LogP contribution in [0.15, 0.2) is 24.3 Å². The number of benzene rings is 1. The molecule has 62 valence electrons. The second kappa shape index (κ2) is 4.49. The molecule has 1 rings (SSSR count). The first-order valence-corrected chi connectivity index (χ1v) is 4.80. The van der Waals surface area contributed by atoms with E-state index >= 15 is 0 Å². The van der Waals surface area contributed by atoms with Gasteiger partial charge in [-0.05, 0) is 24.1 Å². The molecule has 0 amide bonds. The number of nitrogens with zero attached hydrogens (tertiary/aromatic N) is 1. The van der Waals surface area contributed by atoms with E-state index in [0.717, 1.165) is 10.6 Å². The summed E-state index contributed by atoms with van der Waals surface area (Å²) < 4.78 is 0. The van der Waals surface area contributed by atoms with Crippen LogP contribution in [-0.4, -0.2) is 4.83 Å². The molecule has 0 saturated carbocycles. The normalized spacial score (nSPS) is 12.1. The van der Waals surface area contributed by atoms with Crippen molar-refractivity contribution >= 4 is 27.5 Å². The number of hydrogen-bond acceptors (Lipinski definition) is 1. The van der Waals surface area contributed by atoms with Gasteiger partial charge >= 0.3 is 0 Å². The third-order valence-corrected chi connectivity index (χ3v) is 2.25. The van der Waals surface area contributed by atoms with Crippen LogP contribution in [-0.2, 0) is 6.42 Å². The maximum absolute atomic E-state index is 8.53. The molecule has 0 aliphatic rings. The first-order valence-electron chi connectivity index (χ1n) is 3.50. The topological polar surface area (TPSA) is 23.8 Å². The molecule has 1 aromatic carbocycles. The van der Waals surface area contributed by atoms with Gasteiger partial charge < -0.3 is 0 Å². The van der Waals surface area contributed by atoms with Crippen LogP contribution in [0.25, 0.3) is 0 Å². The second-order valence-electron chi connectivity index (χ2n) is 2.43. The molecule has 0 aliphatic heterocycles. The zero-order valence-corrected chi connectivity index (χ0v) is 8.64. The predicted octanol–water partition coefficient (Wildman–Crippen LogP) is 3.17. The van der Waals surface area contributed by atoms with Crippen LogP contribution in [0.1, 0.15) is 5.56 Å². The van der Waals surface area contributed by atoms with Crippen molar-refractivity contribution in [1.29, 1.82) is 5.26 Å². The van der Waals surface area contributed by atoms with Crippen molar-refractivity contribution in [3.8, 4) is 6.07 Å². The molecule has 1 aromatic rings. The average molecular weight is 245 g/mol. The lowest BCUT2D eigenvalue weighted by Gasteiger charge is -2.00. The van der Waals surface area contributed by atoms with Gasteiger partial charge in [-0.15, -0.1) is 0 Å². The summed E-state index contributed by atoms with van der Waals surface area (Å²) >= 11 is 8.94. The first kappa shape index (κ1) is 9.57. The van der Waals surface area contributed by atoms with Crippen LogP contribution in [0.3, 0.4) is 0 Å². The van der Waals surface area contributed by atoms with E-state index in [-0.39, 0.29) is 4.83 Å². The number of nitriles is 1. The van der Waals surface area contributed by atoms with E-state index in [0.29, 0.717) is 6.42 Å². The molecule has 12 heavy (non-hydrogen) atoms. The minimum Gasteiger partial charge on any atom is -0.197 e. The van der Waals surface area contributed by atoms with Gasteiger partial charge in [-0.25, -0.2) is 0 Å². The van der Waals surface area contributed by atoms with Crippen molar-refractivity contribution in [2.75, 3.05) is 0 Å². The molecule has 1 atom stereocenters. The predicted molar refractivity (Wildman–Crippen MR) is 53.5 cm³/mol. The summed E-state index contributed by atoms with van der Waals surface area (Å²) in [6.45, 7) is 0. The Kier molecular flexibility index (Phi) is 3.58. The summed E-state index contributed by atoms with van der Waals surface area (Å²) in [5.74, 6) is 0. The molecule has 0 heterocycles. The van der Waals surface area contributed by atoms with Crippen LogP contribution in [0.5, 0.6) is 0 Å². The van der Waals surface area contributed by atoms with Crippen molar-refractivity contribution in [1.82, 2.24) is 0 Å². The third-order valence-electron chi connectivity index (χ3n) is 1.47. The molecule has 0 bridgehead atoms. The molecule has 0 N–H and O–H groups in total. The Bertz CT molecular complexity index is 288. The van der Waals surface area contributed by atoms with Gasteiger partial charge in [-0.3, -0.25) is 0 Å². The van der Waals surface area contributed by atoms with E-state index in [1.165, 1.54) is 0 Å². The molecule has 0 radical (unpaired) electrons. The van der Waals surface area contributed by atoms with Crippen LogP contribution in [0.2, 0.25) is 5.02 Å². The summed E-state index contributed by atoms with van der Waals surface area (Å²) in [4.78, 5) is -0.112. The monoisotopic (exact) mass is 243 g/mol. The maximum atomic E-state index is 8.53. The molecule has 0 fully saturated rings. The lowest BCUT2D eigenvalue weighted by atomic mass is 10.1. The van der Waals surface area contributed by atoms with Gasteiger partial charge in [-0.2, -0.15) is 5.26 Å². The van der Waals surface area contributed by atoms with Gasteiger partial charge in [0.25, 0.3) is 0 Å². The van der Waals surface area contributed by atoms with Crippen LogP contribution < -0.4 is 0 Å². The number of halogens is 2. The highest BCUT2D eigenvalue weighted by Gasteiger charge is 2.02. The van der Waals surface area contributed by atoms with Crippen LogP contribution in [0.4, 0.5) is 0 Å². The first-order chi connectivity index (χ1) is 5.72. The minimum atomic E-state index is -0.112. The highest BCUT2D eigenvalue weighted by Crippen LogP contribution is 2.13. The molecular weight excluding hydrogens is 237 g/mol. The molecule has 0 aliphatic carbocycles. The van der Waals surface area contributed by atoms with E-state index in [4.69, 9.17) is 16.9 Å². The van der Waals surface area contributed by atoms with Gasteiger partial charge in [0.1, 0.15) is 4.83 Å². The fourth-order valence-electron chi connectivity index (χ4n) is 0.873. The Morgan fingerprint density at radius 3 is 2.50 bits per heavy atom. The molecular formula is C9H7BrClN. The second-order valence-corrected chi connectivity index (χ2v) is 3.97. The smallest absolute Gasteiger partial charge is 0.105 e. The van der Waals surface area contributed by atoms with Crippen molar-refractivity contribution in [2.45, 2.75) is 11.2 Å². The third kappa shape index (κ3) is 2.84. The Labute approximate surface area is 85.1 Å². The van der Waals surface area contributed by atoms with Crippen molar-refractivity contribution in [3.05, 3.63) is 34.9 Å². The molecule has 0 aromatic heterocycles. The SMILES string of the molecule is N#CC(Br)Cc1ccc(Cl)cc1. The Morgan fingerprint density at radius 2 is 2.00 bits per heavy atom. The van der Waals surface area contributed by atoms with Gasteiger partial charge in [-0.1, -0.05) is 39.7 Å². The number of hydrogen-bond donors (Lipinski definition) is 0. The van der Waals surface area contributed by atoms with Crippen LogP contribution >= 0.6 is 27.5 Å². The largest absolute Gasteiger partial charge is 0.197 e. The Hall–Kier alpha value is -0.520. The van der Waals surface area contributed by atoms with E-state index in [1.807, 2.05) is 24.3 Å².